The zero-order valence-electron chi connectivity index (χ0n) is 19.5. The molecule has 2 atom stereocenters. The first kappa shape index (κ1) is 26.2. The van der Waals surface area contributed by atoms with Crippen molar-refractivity contribution >= 4 is 27.9 Å². The molecule has 11 heteroatoms. The third-order valence-electron chi connectivity index (χ3n) is 5.66. The van der Waals surface area contributed by atoms with Crippen molar-refractivity contribution in [2.24, 2.45) is 0 Å². The summed E-state index contributed by atoms with van der Waals surface area (Å²) in [6.07, 6.45) is 0.944. The van der Waals surface area contributed by atoms with Gasteiger partial charge in [-0.3, -0.25) is 4.79 Å². The number of methoxy groups -OCH3 is 1. The third kappa shape index (κ3) is 6.58. The summed E-state index contributed by atoms with van der Waals surface area (Å²) in [4.78, 5) is 36.2. The van der Waals surface area contributed by atoms with Crippen LogP contribution in [0.4, 0.5) is 0 Å². The number of aliphatic carboxylic acids is 1. The molecule has 0 unspecified atom stereocenters. The number of hydrogen-bond donors (Lipinski definition) is 2. The van der Waals surface area contributed by atoms with E-state index < -0.39 is 46.6 Å². The van der Waals surface area contributed by atoms with Crippen molar-refractivity contribution in [3.63, 3.8) is 0 Å². The topological polar surface area (TPSA) is 139 Å². The Kier molecular flexibility index (Phi) is 8.47. The van der Waals surface area contributed by atoms with E-state index in [9.17, 15) is 22.8 Å². The summed E-state index contributed by atoms with van der Waals surface area (Å²) in [6.45, 7) is 1.57. The van der Waals surface area contributed by atoms with Gasteiger partial charge < -0.3 is 19.9 Å². The van der Waals surface area contributed by atoms with Crippen molar-refractivity contribution in [2.75, 3.05) is 20.3 Å². The molecule has 0 aliphatic carbocycles. The van der Waals surface area contributed by atoms with Crippen molar-refractivity contribution in [1.29, 1.82) is 0 Å². The molecule has 0 radical (unpaired) electrons. The molecule has 0 bridgehead atoms. The Morgan fingerprint density at radius 1 is 1.11 bits per heavy atom. The molecule has 1 fully saturated rings. The number of nitrogens with one attached hydrogen (secondary N) is 1. The number of sulfonamides is 1. The van der Waals surface area contributed by atoms with Gasteiger partial charge in [-0.1, -0.05) is 29.8 Å². The zero-order chi connectivity index (χ0) is 25.6. The summed E-state index contributed by atoms with van der Waals surface area (Å²) in [5, 5.41) is 11.3. The highest BCUT2D eigenvalue weighted by Crippen LogP contribution is 2.26. The van der Waals surface area contributed by atoms with Crippen LogP contribution >= 0.6 is 0 Å². The quantitative estimate of drug-likeness (QED) is 0.464. The Balaban J connectivity index is 1.72. The molecule has 2 aromatic carbocycles. The SMILES string of the molecule is COC(=O)[C@H](Cc1ccc(OCC(=O)O)cc1)NC(=O)[C@@H]1CCCN1S(=O)(=O)c1ccc(C)cc1. The lowest BCUT2D eigenvalue weighted by molar-refractivity contribution is -0.145. The van der Waals surface area contributed by atoms with Crippen molar-refractivity contribution < 1.29 is 37.4 Å². The highest BCUT2D eigenvalue weighted by Gasteiger charge is 2.40. The van der Waals surface area contributed by atoms with Gasteiger partial charge in [0.1, 0.15) is 17.8 Å². The number of ether oxygens (including phenoxy) is 2. The fourth-order valence-corrected chi connectivity index (χ4v) is 5.50. The lowest BCUT2D eigenvalue weighted by atomic mass is 10.0. The van der Waals surface area contributed by atoms with E-state index in [2.05, 4.69) is 5.32 Å². The summed E-state index contributed by atoms with van der Waals surface area (Å²) in [7, 11) is -2.68. The molecule has 1 aliphatic heterocycles. The normalized spacial score (nSPS) is 16.9. The predicted octanol–water partition coefficient (Wildman–Crippen LogP) is 1.51. The molecule has 10 nitrogen and oxygen atoms in total. The molecular weight excluding hydrogens is 476 g/mol. The van der Waals surface area contributed by atoms with Gasteiger partial charge in [0.15, 0.2) is 6.61 Å². The van der Waals surface area contributed by atoms with Crippen molar-refractivity contribution in [1.82, 2.24) is 9.62 Å². The Morgan fingerprint density at radius 2 is 1.77 bits per heavy atom. The number of benzene rings is 2. The summed E-state index contributed by atoms with van der Waals surface area (Å²) >= 11 is 0. The smallest absolute Gasteiger partial charge is 0.341 e. The molecule has 0 saturated carbocycles. The van der Waals surface area contributed by atoms with E-state index in [-0.39, 0.29) is 17.9 Å². The van der Waals surface area contributed by atoms with E-state index in [1.54, 1.807) is 36.4 Å². The number of esters is 1. The van der Waals surface area contributed by atoms with Gasteiger partial charge >= 0.3 is 11.9 Å². The molecule has 35 heavy (non-hydrogen) atoms. The van der Waals surface area contributed by atoms with Gasteiger partial charge in [0.25, 0.3) is 0 Å². The molecule has 3 rings (SSSR count). The molecule has 0 spiro atoms. The second-order valence-corrected chi connectivity index (χ2v) is 10.1. The second kappa shape index (κ2) is 11.3. The van der Waals surface area contributed by atoms with Gasteiger partial charge in [-0.05, 0) is 49.6 Å². The summed E-state index contributed by atoms with van der Waals surface area (Å²) in [5.74, 6) is -2.00. The van der Waals surface area contributed by atoms with Crippen LogP contribution in [-0.2, 0) is 35.6 Å². The first-order chi connectivity index (χ1) is 16.6. The average molecular weight is 505 g/mol. The van der Waals surface area contributed by atoms with Gasteiger partial charge in [-0.2, -0.15) is 4.31 Å². The summed E-state index contributed by atoms with van der Waals surface area (Å²) < 4.78 is 37.4. The molecule has 1 amide bonds. The number of hydrogen-bond acceptors (Lipinski definition) is 7. The van der Waals surface area contributed by atoms with Crippen LogP contribution in [0.2, 0.25) is 0 Å². The summed E-state index contributed by atoms with van der Waals surface area (Å²) in [6, 6.07) is 10.8. The number of carbonyl (C=O) groups excluding carboxylic acids is 2. The van der Waals surface area contributed by atoms with E-state index in [0.29, 0.717) is 24.2 Å². The van der Waals surface area contributed by atoms with Crippen LogP contribution in [-0.4, -0.2) is 68.0 Å². The Labute approximate surface area is 203 Å². The molecule has 1 aliphatic rings. The first-order valence-corrected chi connectivity index (χ1v) is 12.5. The maximum Gasteiger partial charge on any atom is 0.341 e. The number of carbonyl (C=O) groups is 3. The fourth-order valence-electron chi connectivity index (χ4n) is 3.84. The molecular formula is C24H28N2O8S. The van der Waals surface area contributed by atoms with Gasteiger partial charge in [0.05, 0.1) is 12.0 Å². The minimum atomic E-state index is -3.89. The molecule has 2 aromatic rings. The van der Waals surface area contributed by atoms with Crippen LogP contribution in [0.3, 0.4) is 0 Å². The van der Waals surface area contributed by atoms with E-state index in [1.807, 2.05) is 6.92 Å². The summed E-state index contributed by atoms with van der Waals surface area (Å²) in [5.41, 5.74) is 1.58. The minimum absolute atomic E-state index is 0.0923. The maximum atomic E-state index is 13.2. The van der Waals surface area contributed by atoms with Crippen molar-refractivity contribution in [3.05, 3.63) is 59.7 Å². The molecule has 188 valence electrons. The van der Waals surface area contributed by atoms with E-state index in [4.69, 9.17) is 14.6 Å². The zero-order valence-corrected chi connectivity index (χ0v) is 20.3. The van der Waals surface area contributed by atoms with Crippen LogP contribution in [0, 0.1) is 6.92 Å². The highest BCUT2D eigenvalue weighted by molar-refractivity contribution is 7.89. The standard InChI is InChI=1S/C24H28N2O8S/c1-16-5-11-19(12-6-16)35(31,32)26-13-3-4-21(26)23(29)25-20(24(30)33-2)14-17-7-9-18(10-8-17)34-15-22(27)28/h5-12,20-21H,3-4,13-15H2,1-2H3,(H,25,29)(H,27,28)/t20-,21-/m0/s1. The van der Waals surface area contributed by atoms with Crippen LogP contribution in [0.1, 0.15) is 24.0 Å². The number of amides is 1. The third-order valence-corrected chi connectivity index (χ3v) is 7.58. The Bertz CT molecular complexity index is 1160. The van der Waals surface area contributed by atoms with Crippen LogP contribution in [0.5, 0.6) is 5.75 Å². The van der Waals surface area contributed by atoms with Crippen molar-refractivity contribution in [3.8, 4) is 5.75 Å². The lowest BCUT2D eigenvalue weighted by Crippen LogP contribution is -2.51. The largest absolute Gasteiger partial charge is 0.482 e. The van der Waals surface area contributed by atoms with E-state index in [0.717, 1.165) is 5.56 Å². The second-order valence-electron chi connectivity index (χ2n) is 8.20. The van der Waals surface area contributed by atoms with Gasteiger partial charge in [-0.25, -0.2) is 18.0 Å². The lowest BCUT2D eigenvalue weighted by Gasteiger charge is -2.25. The first-order valence-electron chi connectivity index (χ1n) is 11.0. The number of carboxylic acids is 1. The minimum Gasteiger partial charge on any atom is -0.482 e. The molecule has 0 aromatic heterocycles. The highest BCUT2D eigenvalue weighted by atomic mass is 32.2. The molecule has 1 heterocycles. The van der Waals surface area contributed by atoms with E-state index >= 15 is 0 Å². The number of aryl methyl sites for hydroxylation is 1. The number of nitrogens with zero attached hydrogens (tertiary/aromatic N) is 1. The van der Waals surface area contributed by atoms with Crippen molar-refractivity contribution in [2.45, 2.75) is 43.2 Å². The predicted molar refractivity (Wildman–Crippen MR) is 125 cm³/mol. The maximum absolute atomic E-state index is 13.2. The molecule has 2 N–H and O–H groups in total. The Hall–Kier alpha value is -3.44. The molecule has 1 saturated heterocycles. The van der Waals surface area contributed by atoms with Crippen LogP contribution in [0.15, 0.2) is 53.4 Å². The van der Waals surface area contributed by atoms with Gasteiger partial charge in [-0.15, -0.1) is 0 Å². The monoisotopic (exact) mass is 504 g/mol. The average Bonchev–Trinajstić information content (AvgIpc) is 3.34. The number of rotatable bonds is 10. The van der Waals surface area contributed by atoms with Gasteiger partial charge in [0.2, 0.25) is 15.9 Å². The van der Waals surface area contributed by atoms with Gasteiger partial charge in [0, 0.05) is 13.0 Å². The Morgan fingerprint density at radius 3 is 2.37 bits per heavy atom. The fraction of sp³-hybridized carbons (Fsp3) is 0.375. The van der Waals surface area contributed by atoms with Crippen LogP contribution in [0.25, 0.3) is 0 Å². The van der Waals surface area contributed by atoms with E-state index in [1.165, 1.54) is 23.5 Å². The van der Waals surface area contributed by atoms with Crippen LogP contribution < -0.4 is 10.1 Å². The number of carboxylic acid groups (broad SMARTS) is 1.